The minimum atomic E-state index is 0.0735. The number of nitrogens with one attached hydrogen (secondary N) is 1. The number of hydrogen-bond donors (Lipinski definition) is 1. The van der Waals surface area contributed by atoms with Crippen LogP contribution in [0.1, 0.15) is 21.6 Å². The highest BCUT2D eigenvalue weighted by Gasteiger charge is 2.10. The van der Waals surface area contributed by atoms with Gasteiger partial charge in [0.15, 0.2) is 5.78 Å². The molecule has 2 heteroatoms. The van der Waals surface area contributed by atoms with Gasteiger partial charge in [-0.25, -0.2) is 0 Å². The van der Waals surface area contributed by atoms with E-state index in [-0.39, 0.29) is 5.78 Å². The quantitative estimate of drug-likeness (QED) is 0.716. The molecule has 1 N–H and O–H groups in total. The van der Waals surface area contributed by atoms with Crippen LogP contribution in [0.3, 0.4) is 0 Å². The van der Waals surface area contributed by atoms with E-state index < -0.39 is 0 Å². The third kappa shape index (κ3) is 1.46. The largest absolute Gasteiger partial charge is 0.365 e. The molecule has 0 bridgehead atoms. The minimum absolute atomic E-state index is 0.0735. The third-order valence-corrected chi connectivity index (χ3v) is 2.23. The van der Waals surface area contributed by atoms with Crippen molar-refractivity contribution in [2.24, 2.45) is 0 Å². The number of hydrogen-bond acceptors (Lipinski definition) is 1. The van der Waals surface area contributed by atoms with Gasteiger partial charge in [0, 0.05) is 23.0 Å². The Morgan fingerprint density at radius 1 is 1.14 bits per heavy atom. The van der Waals surface area contributed by atoms with Gasteiger partial charge in [-0.05, 0) is 13.0 Å². The molecule has 2 aromatic rings. The number of aromatic nitrogens is 1. The summed E-state index contributed by atoms with van der Waals surface area (Å²) in [5.74, 6) is 0.0735. The van der Waals surface area contributed by atoms with Crippen molar-refractivity contribution >= 4 is 5.78 Å². The van der Waals surface area contributed by atoms with Gasteiger partial charge in [0.25, 0.3) is 0 Å². The number of aromatic amines is 1. The maximum atomic E-state index is 11.9. The Labute approximate surface area is 82.6 Å². The fourth-order valence-corrected chi connectivity index (χ4v) is 1.44. The molecule has 0 atom stereocenters. The van der Waals surface area contributed by atoms with Gasteiger partial charge in [0.1, 0.15) is 0 Å². The second-order valence-electron chi connectivity index (χ2n) is 3.21. The number of ketones is 1. The van der Waals surface area contributed by atoms with E-state index >= 15 is 0 Å². The van der Waals surface area contributed by atoms with Crippen LogP contribution in [0.15, 0.2) is 42.6 Å². The SMILES string of the molecule is Cc1[nH]ccc1C(=O)c1ccccc1. The Morgan fingerprint density at radius 2 is 1.86 bits per heavy atom. The summed E-state index contributed by atoms with van der Waals surface area (Å²) < 4.78 is 0. The first-order valence-electron chi connectivity index (χ1n) is 4.53. The predicted octanol–water partition coefficient (Wildman–Crippen LogP) is 2.55. The molecule has 0 radical (unpaired) electrons. The van der Waals surface area contributed by atoms with Crippen molar-refractivity contribution in [3.05, 3.63) is 59.4 Å². The molecule has 1 aromatic carbocycles. The van der Waals surface area contributed by atoms with Gasteiger partial charge in [-0.2, -0.15) is 0 Å². The zero-order valence-corrected chi connectivity index (χ0v) is 7.95. The van der Waals surface area contributed by atoms with Crippen molar-refractivity contribution in [1.29, 1.82) is 0 Å². The van der Waals surface area contributed by atoms with Crippen molar-refractivity contribution in [1.82, 2.24) is 4.98 Å². The van der Waals surface area contributed by atoms with Crippen LogP contribution in [0, 0.1) is 6.92 Å². The lowest BCUT2D eigenvalue weighted by atomic mass is 10.0. The molecule has 1 heterocycles. The highest BCUT2D eigenvalue weighted by molar-refractivity contribution is 6.09. The number of carbonyl (C=O) groups is 1. The zero-order chi connectivity index (χ0) is 9.97. The first-order valence-corrected chi connectivity index (χ1v) is 4.53. The van der Waals surface area contributed by atoms with Gasteiger partial charge in [-0.15, -0.1) is 0 Å². The Morgan fingerprint density at radius 3 is 2.43 bits per heavy atom. The Kier molecular flexibility index (Phi) is 2.19. The molecule has 2 rings (SSSR count). The monoisotopic (exact) mass is 185 g/mol. The molecule has 0 aliphatic carbocycles. The molecule has 0 spiro atoms. The first-order chi connectivity index (χ1) is 6.79. The molecular weight excluding hydrogens is 174 g/mol. The smallest absolute Gasteiger partial charge is 0.194 e. The zero-order valence-electron chi connectivity index (χ0n) is 7.95. The molecule has 14 heavy (non-hydrogen) atoms. The van der Waals surface area contributed by atoms with Gasteiger partial charge in [-0.1, -0.05) is 30.3 Å². The molecule has 0 saturated carbocycles. The average Bonchev–Trinajstić information content (AvgIpc) is 2.65. The second kappa shape index (κ2) is 3.50. The van der Waals surface area contributed by atoms with Crippen LogP contribution in [0.5, 0.6) is 0 Å². The van der Waals surface area contributed by atoms with Crippen LogP contribution in [0.25, 0.3) is 0 Å². The first kappa shape index (κ1) is 8.75. The molecule has 0 saturated heterocycles. The number of carbonyl (C=O) groups excluding carboxylic acids is 1. The highest BCUT2D eigenvalue weighted by atomic mass is 16.1. The maximum Gasteiger partial charge on any atom is 0.194 e. The number of H-pyrrole nitrogens is 1. The molecule has 70 valence electrons. The van der Waals surface area contributed by atoms with Crippen LogP contribution >= 0.6 is 0 Å². The summed E-state index contributed by atoms with van der Waals surface area (Å²) in [6, 6.07) is 11.1. The Bertz CT molecular complexity index is 442. The van der Waals surface area contributed by atoms with Crippen molar-refractivity contribution in [2.75, 3.05) is 0 Å². The van der Waals surface area contributed by atoms with E-state index in [0.29, 0.717) is 0 Å². The molecule has 0 fully saturated rings. The lowest BCUT2D eigenvalue weighted by molar-refractivity contribution is 0.103. The number of aryl methyl sites for hydroxylation is 1. The Balaban J connectivity index is 2.39. The maximum absolute atomic E-state index is 11.9. The van der Waals surface area contributed by atoms with Gasteiger partial charge in [0.2, 0.25) is 0 Å². The highest BCUT2D eigenvalue weighted by Crippen LogP contribution is 2.12. The summed E-state index contributed by atoms with van der Waals surface area (Å²) in [6.07, 6.45) is 1.78. The van der Waals surface area contributed by atoms with E-state index in [9.17, 15) is 4.79 Å². The summed E-state index contributed by atoms with van der Waals surface area (Å²) in [5, 5.41) is 0. The van der Waals surface area contributed by atoms with Crippen LogP contribution in [-0.2, 0) is 0 Å². The summed E-state index contributed by atoms with van der Waals surface area (Å²) >= 11 is 0. The number of benzene rings is 1. The normalized spacial score (nSPS) is 10.1. The van der Waals surface area contributed by atoms with Crippen LogP contribution in [0.2, 0.25) is 0 Å². The molecular formula is C12H11NO. The van der Waals surface area contributed by atoms with Crippen molar-refractivity contribution in [2.45, 2.75) is 6.92 Å². The lowest BCUT2D eigenvalue weighted by Gasteiger charge is -1.98. The summed E-state index contributed by atoms with van der Waals surface area (Å²) in [7, 11) is 0. The third-order valence-electron chi connectivity index (χ3n) is 2.23. The van der Waals surface area contributed by atoms with E-state index in [4.69, 9.17) is 0 Å². The lowest BCUT2D eigenvalue weighted by Crippen LogP contribution is -2.01. The van der Waals surface area contributed by atoms with Crippen molar-refractivity contribution < 1.29 is 4.79 Å². The fourth-order valence-electron chi connectivity index (χ4n) is 1.44. The van der Waals surface area contributed by atoms with Crippen LogP contribution in [-0.4, -0.2) is 10.8 Å². The summed E-state index contributed by atoms with van der Waals surface area (Å²) in [5.41, 5.74) is 2.39. The molecule has 0 unspecified atom stereocenters. The number of rotatable bonds is 2. The van der Waals surface area contributed by atoms with Gasteiger partial charge in [0.05, 0.1) is 0 Å². The van der Waals surface area contributed by atoms with E-state index in [1.165, 1.54) is 0 Å². The summed E-state index contributed by atoms with van der Waals surface area (Å²) in [4.78, 5) is 14.9. The average molecular weight is 185 g/mol. The predicted molar refractivity (Wildman–Crippen MR) is 55.4 cm³/mol. The van der Waals surface area contributed by atoms with Gasteiger partial charge >= 0.3 is 0 Å². The standard InChI is InChI=1S/C12H11NO/c1-9-11(7-8-13-9)12(14)10-5-3-2-4-6-10/h2-8,13H,1H3. The second-order valence-corrected chi connectivity index (χ2v) is 3.21. The van der Waals surface area contributed by atoms with E-state index in [1.807, 2.05) is 43.3 Å². The molecule has 0 aliphatic heterocycles. The van der Waals surface area contributed by atoms with Crippen molar-refractivity contribution in [3.8, 4) is 0 Å². The van der Waals surface area contributed by atoms with Crippen LogP contribution in [0.4, 0.5) is 0 Å². The van der Waals surface area contributed by atoms with E-state index in [2.05, 4.69) is 4.98 Å². The minimum Gasteiger partial charge on any atom is -0.365 e. The van der Waals surface area contributed by atoms with Crippen LogP contribution < -0.4 is 0 Å². The van der Waals surface area contributed by atoms with Crippen molar-refractivity contribution in [3.63, 3.8) is 0 Å². The topological polar surface area (TPSA) is 32.9 Å². The van der Waals surface area contributed by atoms with Gasteiger partial charge in [-0.3, -0.25) is 4.79 Å². The summed E-state index contributed by atoms with van der Waals surface area (Å²) in [6.45, 7) is 1.90. The molecule has 0 amide bonds. The van der Waals surface area contributed by atoms with E-state index in [0.717, 1.165) is 16.8 Å². The Hall–Kier alpha value is -1.83. The molecule has 2 nitrogen and oxygen atoms in total. The molecule has 1 aromatic heterocycles. The molecule has 0 aliphatic rings. The fraction of sp³-hybridized carbons (Fsp3) is 0.0833. The van der Waals surface area contributed by atoms with E-state index in [1.54, 1.807) is 6.20 Å². The van der Waals surface area contributed by atoms with Gasteiger partial charge < -0.3 is 4.98 Å².